The van der Waals surface area contributed by atoms with Crippen molar-refractivity contribution in [2.45, 2.75) is 65.2 Å². The first-order chi connectivity index (χ1) is 13.7. The van der Waals surface area contributed by atoms with Gasteiger partial charge in [-0.2, -0.15) is 0 Å². The molecule has 1 N–H and O–H groups in total. The van der Waals surface area contributed by atoms with E-state index < -0.39 is 0 Å². The van der Waals surface area contributed by atoms with Gasteiger partial charge in [0.25, 0.3) is 0 Å². The van der Waals surface area contributed by atoms with Gasteiger partial charge >= 0.3 is 0 Å². The lowest BCUT2D eigenvalue weighted by atomic mass is 9.49. The van der Waals surface area contributed by atoms with Crippen LogP contribution in [0.4, 0.5) is 0 Å². The molecular formula is C26H41NO2. The minimum Gasteiger partial charge on any atom is -0.508 e. The van der Waals surface area contributed by atoms with Crippen molar-refractivity contribution in [3.05, 3.63) is 29.3 Å². The van der Waals surface area contributed by atoms with Crippen LogP contribution < -0.4 is 0 Å². The van der Waals surface area contributed by atoms with E-state index in [0.29, 0.717) is 28.4 Å². The molecule has 0 aromatic heterocycles. The molecular weight excluding hydrogens is 358 g/mol. The molecule has 6 atom stereocenters. The molecule has 0 amide bonds. The Bertz CT molecular complexity index is 731. The Hall–Kier alpha value is -1.06. The second kappa shape index (κ2) is 7.89. The van der Waals surface area contributed by atoms with Crippen LogP contribution in [0.3, 0.4) is 0 Å². The summed E-state index contributed by atoms with van der Waals surface area (Å²) in [5, 5.41) is 9.97. The Kier molecular flexibility index (Phi) is 5.76. The summed E-state index contributed by atoms with van der Waals surface area (Å²) in [4.78, 5) is 2.19. The molecule has 0 radical (unpaired) electrons. The fraction of sp³-hybridized carbons (Fsp3) is 0.769. The van der Waals surface area contributed by atoms with Crippen molar-refractivity contribution in [3.8, 4) is 5.75 Å². The minimum absolute atomic E-state index is 0.399. The van der Waals surface area contributed by atoms with Gasteiger partial charge < -0.3 is 14.7 Å². The number of hydrogen-bond acceptors (Lipinski definition) is 3. The molecule has 0 saturated heterocycles. The van der Waals surface area contributed by atoms with E-state index in [4.69, 9.17) is 4.74 Å². The molecule has 0 heterocycles. The first-order valence-electron chi connectivity index (χ1n) is 11.8. The molecule has 162 valence electrons. The molecule has 5 unspecified atom stereocenters. The molecule has 1 aromatic carbocycles. The van der Waals surface area contributed by atoms with Crippen LogP contribution in [0.25, 0.3) is 0 Å². The fourth-order valence-corrected chi connectivity index (χ4v) is 7.39. The summed E-state index contributed by atoms with van der Waals surface area (Å²) in [5.41, 5.74) is 3.77. The molecule has 2 fully saturated rings. The minimum atomic E-state index is 0.399. The number of fused-ring (bicyclic) bond motifs is 5. The average molecular weight is 400 g/mol. The number of aromatic hydroxyl groups is 1. The van der Waals surface area contributed by atoms with E-state index in [0.717, 1.165) is 38.0 Å². The number of phenolic OH excluding ortho intramolecular Hbond substituents is 1. The van der Waals surface area contributed by atoms with E-state index in [1.165, 1.54) is 43.2 Å². The molecule has 1 aromatic rings. The van der Waals surface area contributed by atoms with Crippen molar-refractivity contribution < 1.29 is 9.84 Å². The normalized spacial score (nSPS) is 38.6. The zero-order valence-corrected chi connectivity index (χ0v) is 19.2. The average Bonchev–Trinajstić information content (AvgIpc) is 2.92. The van der Waals surface area contributed by atoms with E-state index in [1.54, 1.807) is 0 Å². The highest BCUT2D eigenvalue weighted by Crippen LogP contribution is 2.69. The van der Waals surface area contributed by atoms with E-state index in [1.807, 2.05) is 12.1 Å². The molecule has 4 rings (SSSR count). The van der Waals surface area contributed by atoms with E-state index >= 15 is 0 Å². The predicted octanol–water partition coefficient (Wildman–Crippen LogP) is 5.47. The van der Waals surface area contributed by atoms with Gasteiger partial charge in [0.2, 0.25) is 0 Å². The van der Waals surface area contributed by atoms with Gasteiger partial charge in [0.15, 0.2) is 0 Å². The van der Waals surface area contributed by atoms with Crippen molar-refractivity contribution >= 4 is 0 Å². The third-order valence-corrected chi connectivity index (χ3v) is 9.31. The second-order valence-corrected chi connectivity index (χ2v) is 11.1. The first-order valence-corrected chi connectivity index (χ1v) is 11.8. The summed E-state index contributed by atoms with van der Waals surface area (Å²) < 4.78 is 6.02. The second-order valence-electron chi connectivity index (χ2n) is 11.1. The predicted molar refractivity (Wildman–Crippen MR) is 119 cm³/mol. The standard InChI is InChI=1S/C26H41NO2/c1-18-16-19-17-20(28)6-7-21(19)22-8-11-26(3)23(24(18)22)9-10-25(26,2)12-14-29-15-13-27(4)5/h6-7,17-18,22-24,28H,8-16H2,1-5H3/t18?,22?,23?,24?,25-,26?/m1/s1. The molecule has 29 heavy (non-hydrogen) atoms. The van der Waals surface area contributed by atoms with Gasteiger partial charge in [0.1, 0.15) is 5.75 Å². The molecule has 3 heteroatoms. The van der Waals surface area contributed by atoms with E-state index in [9.17, 15) is 5.11 Å². The maximum absolute atomic E-state index is 9.97. The van der Waals surface area contributed by atoms with Crippen LogP contribution in [0.2, 0.25) is 0 Å². The molecule has 2 saturated carbocycles. The highest BCUT2D eigenvalue weighted by Gasteiger charge is 2.60. The largest absolute Gasteiger partial charge is 0.508 e. The van der Waals surface area contributed by atoms with Crippen LogP contribution in [0.15, 0.2) is 18.2 Å². The van der Waals surface area contributed by atoms with Crippen molar-refractivity contribution in [2.75, 3.05) is 33.9 Å². The van der Waals surface area contributed by atoms with Crippen LogP contribution in [0.5, 0.6) is 5.75 Å². The lowest BCUT2D eigenvalue weighted by Crippen LogP contribution is -2.48. The topological polar surface area (TPSA) is 32.7 Å². The van der Waals surface area contributed by atoms with Gasteiger partial charge in [-0.1, -0.05) is 26.8 Å². The summed E-state index contributed by atoms with van der Waals surface area (Å²) in [6.45, 7) is 10.4. The van der Waals surface area contributed by atoms with E-state index in [2.05, 4.69) is 45.8 Å². The van der Waals surface area contributed by atoms with Gasteiger partial charge in [-0.05, 0) is 110 Å². The number of benzene rings is 1. The highest BCUT2D eigenvalue weighted by molar-refractivity contribution is 5.40. The lowest BCUT2D eigenvalue weighted by Gasteiger charge is -2.56. The van der Waals surface area contributed by atoms with Crippen molar-refractivity contribution in [2.24, 2.45) is 28.6 Å². The summed E-state index contributed by atoms with van der Waals surface area (Å²) in [6.07, 6.45) is 7.69. The fourth-order valence-electron chi connectivity index (χ4n) is 7.39. The lowest BCUT2D eigenvalue weighted by molar-refractivity contribution is -0.0476. The monoisotopic (exact) mass is 399 g/mol. The third kappa shape index (κ3) is 3.63. The molecule has 0 spiro atoms. The molecule has 0 bridgehead atoms. The zero-order chi connectivity index (χ0) is 20.8. The smallest absolute Gasteiger partial charge is 0.115 e. The summed E-state index contributed by atoms with van der Waals surface area (Å²) >= 11 is 0. The van der Waals surface area contributed by atoms with Gasteiger partial charge in [0, 0.05) is 13.2 Å². The van der Waals surface area contributed by atoms with Crippen LogP contribution in [0, 0.1) is 28.6 Å². The number of ether oxygens (including phenoxy) is 1. The molecule has 0 aliphatic heterocycles. The quantitative estimate of drug-likeness (QED) is 0.644. The van der Waals surface area contributed by atoms with Crippen molar-refractivity contribution in [1.29, 1.82) is 0 Å². The Balaban J connectivity index is 1.50. The maximum Gasteiger partial charge on any atom is 0.115 e. The van der Waals surface area contributed by atoms with Crippen LogP contribution in [-0.2, 0) is 11.2 Å². The summed E-state index contributed by atoms with van der Waals surface area (Å²) in [5.74, 6) is 3.44. The number of phenols is 1. The molecule has 3 nitrogen and oxygen atoms in total. The number of rotatable bonds is 6. The van der Waals surface area contributed by atoms with Gasteiger partial charge in [-0.25, -0.2) is 0 Å². The van der Waals surface area contributed by atoms with Crippen LogP contribution in [0.1, 0.15) is 69.9 Å². The van der Waals surface area contributed by atoms with E-state index in [-0.39, 0.29) is 0 Å². The third-order valence-electron chi connectivity index (χ3n) is 9.31. The maximum atomic E-state index is 9.97. The Morgan fingerprint density at radius 2 is 1.93 bits per heavy atom. The van der Waals surface area contributed by atoms with Gasteiger partial charge in [0.05, 0.1) is 6.61 Å². The Labute approximate surface area is 177 Å². The SMILES string of the molecule is CC1Cc2cc(O)ccc2C2CCC3(C)C(CC[C@]3(C)CCOCCN(C)C)C12. The first kappa shape index (κ1) is 21.2. The van der Waals surface area contributed by atoms with Gasteiger partial charge in [-0.3, -0.25) is 0 Å². The molecule has 3 aliphatic carbocycles. The van der Waals surface area contributed by atoms with Crippen molar-refractivity contribution in [1.82, 2.24) is 4.90 Å². The Morgan fingerprint density at radius 3 is 2.69 bits per heavy atom. The van der Waals surface area contributed by atoms with Gasteiger partial charge in [-0.15, -0.1) is 0 Å². The number of likely N-dealkylation sites (N-methyl/N-ethyl adjacent to an activating group) is 1. The summed E-state index contributed by atoms with van der Waals surface area (Å²) in [6, 6.07) is 6.16. The van der Waals surface area contributed by atoms with Crippen LogP contribution in [-0.4, -0.2) is 43.9 Å². The zero-order valence-electron chi connectivity index (χ0n) is 19.2. The number of hydrogen-bond donors (Lipinski definition) is 1. The highest BCUT2D eigenvalue weighted by atomic mass is 16.5. The van der Waals surface area contributed by atoms with Crippen LogP contribution >= 0.6 is 0 Å². The Morgan fingerprint density at radius 1 is 1.14 bits per heavy atom. The molecule has 3 aliphatic rings. The summed E-state index contributed by atoms with van der Waals surface area (Å²) in [7, 11) is 4.22. The van der Waals surface area contributed by atoms with Crippen molar-refractivity contribution in [3.63, 3.8) is 0 Å². The number of nitrogens with zero attached hydrogens (tertiary/aromatic N) is 1.